The summed E-state index contributed by atoms with van der Waals surface area (Å²) in [4.78, 5) is 16.8. The van der Waals surface area contributed by atoms with Crippen molar-refractivity contribution in [1.29, 1.82) is 0 Å². The van der Waals surface area contributed by atoms with Crippen LogP contribution in [0.1, 0.15) is 34.0 Å². The Bertz CT molecular complexity index is 1340. The molecule has 0 aliphatic carbocycles. The van der Waals surface area contributed by atoms with Gasteiger partial charge in [0.05, 0.1) is 29.6 Å². The van der Waals surface area contributed by atoms with Crippen LogP contribution in [0.4, 0.5) is 27.6 Å². The van der Waals surface area contributed by atoms with Crippen molar-refractivity contribution < 1.29 is 26.7 Å². The maximum Gasteiger partial charge on any atom is 0.416 e. The Morgan fingerprint density at radius 1 is 0.943 bits per heavy atom. The van der Waals surface area contributed by atoms with Crippen LogP contribution >= 0.6 is 0 Å². The van der Waals surface area contributed by atoms with E-state index >= 15 is 0 Å². The number of pyridine rings is 1. The highest BCUT2D eigenvalue weighted by Gasteiger charge is 2.36. The van der Waals surface area contributed by atoms with E-state index in [1.165, 1.54) is 23.3 Å². The van der Waals surface area contributed by atoms with Gasteiger partial charge in [-0.05, 0) is 23.3 Å². The number of alkyl halides is 5. The standard InChI is InChI=1S/C25H19F5N4O/c1-24(26,27)20-8-7-17(22(10-20)25(28,29)30)14-34-15-21(13-32-34)33-23(35)19-9-18(11-31-12-19)16-5-3-2-4-6-16/h2-13,15H,14H2,1H3,(H,33,35). The molecule has 1 N–H and O–H groups in total. The van der Waals surface area contributed by atoms with E-state index in [1.807, 2.05) is 30.3 Å². The van der Waals surface area contributed by atoms with Crippen LogP contribution < -0.4 is 5.32 Å². The monoisotopic (exact) mass is 486 g/mol. The zero-order valence-corrected chi connectivity index (χ0v) is 18.4. The maximum atomic E-state index is 13.5. The first-order chi connectivity index (χ1) is 16.5. The summed E-state index contributed by atoms with van der Waals surface area (Å²) in [6.45, 7) is 0.209. The number of nitrogens with zero attached hydrogens (tertiary/aromatic N) is 3. The summed E-state index contributed by atoms with van der Waals surface area (Å²) in [6.07, 6.45) is 0.843. The van der Waals surface area contributed by atoms with Gasteiger partial charge in [-0.25, -0.2) is 8.78 Å². The van der Waals surface area contributed by atoms with Crippen molar-refractivity contribution in [3.8, 4) is 11.1 Å². The third-order valence-electron chi connectivity index (χ3n) is 5.25. The van der Waals surface area contributed by atoms with Crippen molar-refractivity contribution >= 4 is 11.6 Å². The zero-order valence-electron chi connectivity index (χ0n) is 18.4. The summed E-state index contributed by atoms with van der Waals surface area (Å²) >= 11 is 0. The van der Waals surface area contributed by atoms with E-state index < -0.39 is 29.1 Å². The van der Waals surface area contributed by atoms with Gasteiger partial charge in [0.25, 0.3) is 11.8 Å². The second kappa shape index (κ2) is 9.28. The first-order valence-electron chi connectivity index (χ1n) is 10.4. The van der Waals surface area contributed by atoms with Crippen LogP contribution in [0.2, 0.25) is 0 Å². The van der Waals surface area contributed by atoms with Crippen LogP contribution in [0.25, 0.3) is 11.1 Å². The van der Waals surface area contributed by atoms with Crippen LogP contribution in [0.3, 0.4) is 0 Å². The molecule has 0 saturated heterocycles. The number of halogens is 5. The quantitative estimate of drug-likeness (QED) is 0.322. The highest BCUT2D eigenvalue weighted by Crippen LogP contribution is 2.36. The molecule has 180 valence electrons. The molecule has 0 radical (unpaired) electrons. The van der Waals surface area contributed by atoms with E-state index in [2.05, 4.69) is 15.4 Å². The number of anilines is 1. The van der Waals surface area contributed by atoms with Crippen molar-refractivity contribution in [2.24, 2.45) is 0 Å². The topological polar surface area (TPSA) is 59.8 Å². The molecular weight excluding hydrogens is 467 g/mol. The van der Waals surface area contributed by atoms with Gasteiger partial charge in [0, 0.05) is 36.6 Å². The summed E-state index contributed by atoms with van der Waals surface area (Å²) in [5.41, 5.74) is 0.0467. The fourth-order valence-corrected chi connectivity index (χ4v) is 3.50. The van der Waals surface area contributed by atoms with Crippen LogP contribution in [0.15, 0.2) is 79.4 Å². The lowest BCUT2D eigenvalue weighted by molar-refractivity contribution is -0.138. The second-order valence-corrected chi connectivity index (χ2v) is 7.97. The van der Waals surface area contributed by atoms with Crippen LogP contribution in [-0.2, 0) is 18.6 Å². The predicted octanol–water partition coefficient (Wildman–Crippen LogP) is 6.38. The number of hydrogen-bond acceptors (Lipinski definition) is 3. The van der Waals surface area contributed by atoms with E-state index in [4.69, 9.17) is 0 Å². The lowest BCUT2D eigenvalue weighted by atomic mass is 10.0. The number of hydrogen-bond donors (Lipinski definition) is 1. The lowest BCUT2D eigenvalue weighted by Crippen LogP contribution is -2.15. The predicted molar refractivity (Wildman–Crippen MR) is 120 cm³/mol. The molecule has 0 unspecified atom stereocenters. The molecule has 0 aliphatic heterocycles. The van der Waals surface area contributed by atoms with Crippen LogP contribution in [-0.4, -0.2) is 20.7 Å². The molecule has 2 aromatic heterocycles. The molecule has 0 saturated carbocycles. The number of carbonyl (C=O) groups excluding carboxylic acids is 1. The molecule has 0 bridgehead atoms. The Hall–Kier alpha value is -4.08. The maximum absolute atomic E-state index is 13.5. The number of nitrogens with one attached hydrogen (secondary N) is 1. The van der Waals surface area contributed by atoms with Gasteiger partial charge < -0.3 is 5.32 Å². The SMILES string of the molecule is CC(F)(F)c1ccc(Cn2cc(NC(=O)c3cncc(-c4ccccc4)c3)cn2)c(C(F)(F)F)c1. The van der Waals surface area contributed by atoms with Crippen LogP contribution in [0.5, 0.6) is 0 Å². The number of aromatic nitrogens is 3. The number of benzene rings is 2. The Kier molecular flexibility index (Phi) is 6.38. The molecule has 4 aromatic rings. The average molecular weight is 486 g/mol. The number of amides is 1. The lowest BCUT2D eigenvalue weighted by Gasteiger charge is -2.17. The van der Waals surface area contributed by atoms with Gasteiger partial charge in [0.2, 0.25) is 0 Å². The zero-order chi connectivity index (χ0) is 25.2. The molecule has 5 nitrogen and oxygen atoms in total. The molecule has 35 heavy (non-hydrogen) atoms. The average Bonchev–Trinajstić information content (AvgIpc) is 3.25. The molecule has 0 fully saturated rings. The van der Waals surface area contributed by atoms with Gasteiger partial charge in [0.15, 0.2) is 0 Å². The molecule has 2 aromatic carbocycles. The molecule has 0 atom stereocenters. The Morgan fingerprint density at radius 3 is 2.37 bits per heavy atom. The minimum absolute atomic E-state index is 0.230. The van der Waals surface area contributed by atoms with Crippen molar-refractivity contribution in [3.05, 3.63) is 102 Å². The van der Waals surface area contributed by atoms with E-state index in [-0.39, 0.29) is 23.4 Å². The third-order valence-corrected chi connectivity index (χ3v) is 5.25. The fraction of sp³-hybridized carbons (Fsp3) is 0.160. The van der Waals surface area contributed by atoms with E-state index in [1.54, 1.807) is 12.3 Å². The largest absolute Gasteiger partial charge is 0.416 e. The van der Waals surface area contributed by atoms with Crippen molar-refractivity contribution in [3.63, 3.8) is 0 Å². The Balaban J connectivity index is 1.51. The second-order valence-electron chi connectivity index (χ2n) is 7.97. The first-order valence-corrected chi connectivity index (χ1v) is 10.4. The van der Waals surface area contributed by atoms with Crippen LogP contribution in [0, 0.1) is 0 Å². The Morgan fingerprint density at radius 2 is 1.69 bits per heavy atom. The fourth-order valence-electron chi connectivity index (χ4n) is 3.50. The smallest absolute Gasteiger partial charge is 0.319 e. The van der Waals surface area contributed by atoms with E-state index in [9.17, 15) is 26.7 Å². The van der Waals surface area contributed by atoms with Gasteiger partial charge in [-0.1, -0.05) is 42.5 Å². The summed E-state index contributed by atoms with van der Waals surface area (Å²) in [5, 5.41) is 6.62. The highest BCUT2D eigenvalue weighted by molar-refractivity contribution is 6.04. The van der Waals surface area contributed by atoms with Crippen molar-refractivity contribution in [2.75, 3.05) is 5.32 Å². The molecule has 0 spiro atoms. The normalized spacial score (nSPS) is 11.9. The number of carbonyl (C=O) groups is 1. The summed E-state index contributed by atoms with van der Waals surface area (Å²) in [5.74, 6) is -3.88. The van der Waals surface area contributed by atoms with Gasteiger partial charge >= 0.3 is 6.18 Å². The van der Waals surface area contributed by atoms with Gasteiger partial charge in [-0.3, -0.25) is 14.5 Å². The molecule has 4 rings (SSSR count). The first kappa shape index (κ1) is 24.1. The van der Waals surface area contributed by atoms with Gasteiger partial charge in [-0.2, -0.15) is 18.3 Å². The Labute approximate surface area is 197 Å². The summed E-state index contributed by atoms with van der Waals surface area (Å²) < 4.78 is 68.8. The molecule has 0 aliphatic rings. The highest BCUT2D eigenvalue weighted by atomic mass is 19.4. The van der Waals surface area contributed by atoms with Gasteiger partial charge in [0.1, 0.15) is 0 Å². The summed E-state index contributed by atoms with van der Waals surface area (Å²) in [7, 11) is 0. The molecule has 1 amide bonds. The minimum atomic E-state index is -4.82. The van der Waals surface area contributed by atoms with E-state index in [0.29, 0.717) is 13.0 Å². The van der Waals surface area contributed by atoms with Gasteiger partial charge in [-0.15, -0.1) is 0 Å². The number of rotatable bonds is 6. The molecular formula is C25H19F5N4O. The molecule has 10 heteroatoms. The van der Waals surface area contributed by atoms with Crippen molar-refractivity contribution in [2.45, 2.75) is 25.6 Å². The summed E-state index contributed by atoms with van der Waals surface area (Å²) in [6, 6.07) is 13.5. The van der Waals surface area contributed by atoms with E-state index in [0.717, 1.165) is 23.3 Å². The third kappa shape index (κ3) is 5.71. The minimum Gasteiger partial charge on any atom is -0.319 e. The van der Waals surface area contributed by atoms with Crippen molar-refractivity contribution in [1.82, 2.24) is 14.8 Å². The molecule has 2 heterocycles.